The lowest BCUT2D eigenvalue weighted by Gasteiger charge is -2.08. The van der Waals surface area contributed by atoms with Crippen LogP contribution in [0.4, 0.5) is 5.69 Å². The SMILES string of the molecule is O=[N+]([O-])c1ccc(S(=O)(=O)NCc2ccc(-n3cccn3)cc2)cc1. The van der Waals surface area contributed by atoms with Gasteiger partial charge in [0.15, 0.2) is 0 Å². The van der Waals surface area contributed by atoms with Crippen LogP contribution in [0.5, 0.6) is 0 Å². The van der Waals surface area contributed by atoms with Gasteiger partial charge in [0.25, 0.3) is 5.69 Å². The lowest BCUT2D eigenvalue weighted by atomic mass is 10.2. The van der Waals surface area contributed by atoms with E-state index in [0.29, 0.717) is 0 Å². The first-order chi connectivity index (χ1) is 12.0. The molecular formula is C16H14N4O4S. The standard InChI is InChI=1S/C16H14N4O4S/c21-20(22)15-6-8-16(9-7-15)25(23,24)18-12-13-2-4-14(5-3-13)19-11-1-10-17-19/h1-11,18H,12H2. The van der Waals surface area contributed by atoms with E-state index in [-0.39, 0.29) is 17.1 Å². The molecule has 0 saturated carbocycles. The van der Waals surface area contributed by atoms with E-state index in [1.54, 1.807) is 23.0 Å². The minimum Gasteiger partial charge on any atom is -0.258 e. The van der Waals surface area contributed by atoms with Gasteiger partial charge in [-0.1, -0.05) is 12.1 Å². The molecule has 0 fully saturated rings. The second-order valence-electron chi connectivity index (χ2n) is 5.19. The average molecular weight is 358 g/mol. The summed E-state index contributed by atoms with van der Waals surface area (Å²) in [5.41, 5.74) is 1.49. The van der Waals surface area contributed by atoms with Gasteiger partial charge in [0, 0.05) is 31.1 Å². The van der Waals surface area contributed by atoms with Crippen molar-refractivity contribution in [3.05, 3.63) is 82.7 Å². The number of hydrogen-bond donors (Lipinski definition) is 1. The van der Waals surface area contributed by atoms with Gasteiger partial charge in [-0.3, -0.25) is 10.1 Å². The maximum absolute atomic E-state index is 12.2. The molecule has 3 rings (SSSR count). The molecule has 0 atom stereocenters. The summed E-state index contributed by atoms with van der Waals surface area (Å²) in [6.07, 6.45) is 3.48. The van der Waals surface area contributed by atoms with Crippen molar-refractivity contribution < 1.29 is 13.3 Å². The molecule has 0 saturated heterocycles. The highest BCUT2D eigenvalue weighted by atomic mass is 32.2. The fourth-order valence-corrected chi connectivity index (χ4v) is 3.21. The minimum absolute atomic E-state index is 0.0220. The summed E-state index contributed by atoms with van der Waals surface area (Å²) in [6.45, 7) is 0.110. The van der Waals surface area contributed by atoms with E-state index < -0.39 is 14.9 Å². The summed E-state index contributed by atoms with van der Waals surface area (Å²) < 4.78 is 28.7. The number of aromatic nitrogens is 2. The molecule has 1 N–H and O–H groups in total. The summed E-state index contributed by atoms with van der Waals surface area (Å²) >= 11 is 0. The molecule has 0 aliphatic carbocycles. The molecule has 25 heavy (non-hydrogen) atoms. The van der Waals surface area contributed by atoms with Gasteiger partial charge in [-0.05, 0) is 35.9 Å². The average Bonchev–Trinajstić information content (AvgIpc) is 3.15. The third-order valence-corrected chi connectivity index (χ3v) is 4.95. The highest BCUT2D eigenvalue weighted by molar-refractivity contribution is 7.89. The van der Waals surface area contributed by atoms with E-state index in [2.05, 4.69) is 9.82 Å². The molecule has 1 aromatic heterocycles. The fraction of sp³-hybridized carbons (Fsp3) is 0.0625. The van der Waals surface area contributed by atoms with Crippen LogP contribution in [-0.4, -0.2) is 23.1 Å². The first kappa shape index (κ1) is 16.8. The van der Waals surface area contributed by atoms with Gasteiger partial charge >= 0.3 is 0 Å². The first-order valence-corrected chi connectivity index (χ1v) is 8.77. The molecule has 0 amide bonds. The third kappa shape index (κ3) is 3.90. The lowest BCUT2D eigenvalue weighted by molar-refractivity contribution is -0.384. The van der Waals surface area contributed by atoms with Gasteiger partial charge in [0.1, 0.15) is 0 Å². The highest BCUT2D eigenvalue weighted by Crippen LogP contribution is 2.16. The van der Waals surface area contributed by atoms with Gasteiger partial charge in [-0.2, -0.15) is 5.10 Å². The molecule has 0 aliphatic rings. The maximum atomic E-state index is 12.2. The zero-order valence-corrected chi connectivity index (χ0v) is 13.8. The Morgan fingerprint density at radius 3 is 2.32 bits per heavy atom. The number of benzene rings is 2. The second kappa shape index (κ2) is 6.83. The number of sulfonamides is 1. The van der Waals surface area contributed by atoms with Crippen LogP contribution in [0.2, 0.25) is 0 Å². The molecule has 0 aliphatic heterocycles. The molecule has 0 unspecified atom stereocenters. The van der Waals surface area contributed by atoms with E-state index in [1.165, 1.54) is 12.1 Å². The molecule has 0 bridgehead atoms. The Labute approximate surface area is 143 Å². The fourth-order valence-electron chi connectivity index (χ4n) is 2.20. The maximum Gasteiger partial charge on any atom is 0.269 e. The number of nitrogens with zero attached hydrogens (tertiary/aromatic N) is 3. The zero-order chi connectivity index (χ0) is 17.9. The lowest BCUT2D eigenvalue weighted by Crippen LogP contribution is -2.23. The van der Waals surface area contributed by atoms with Gasteiger partial charge in [-0.15, -0.1) is 0 Å². The van der Waals surface area contributed by atoms with Crippen molar-refractivity contribution in [2.45, 2.75) is 11.4 Å². The minimum atomic E-state index is -3.74. The Morgan fingerprint density at radius 1 is 1.08 bits per heavy atom. The van der Waals surface area contributed by atoms with Gasteiger partial charge in [0.05, 0.1) is 15.5 Å². The van der Waals surface area contributed by atoms with Crippen LogP contribution in [0.15, 0.2) is 71.9 Å². The number of nitrogens with one attached hydrogen (secondary N) is 1. The summed E-state index contributed by atoms with van der Waals surface area (Å²) in [5, 5.41) is 14.7. The molecule has 128 valence electrons. The zero-order valence-electron chi connectivity index (χ0n) is 12.9. The van der Waals surface area contributed by atoms with Gasteiger partial charge < -0.3 is 0 Å². The third-order valence-electron chi connectivity index (χ3n) is 3.53. The van der Waals surface area contributed by atoms with E-state index in [1.807, 2.05) is 24.4 Å². The Bertz CT molecular complexity index is 966. The van der Waals surface area contributed by atoms with Crippen molar-refractivity contribution in [2.75, 3.05) is 0 Å². The van der Waals surface area contributed by atoms with Gasteiger partial charge in [-0.25, -0.2) is 17.8 Å². The van der Waals surface area contributed by atoms with E-state index in [9.17, 15) is 18.5 Å². The van der Waals surface area contributed by atoms with Crippen LogP contribution in [0.3, 0.4) is 0 Å². The Kier molecular flexibility index (Phi) is 4.59. The van der Waals surface area contributed by atoms with Crippen molar-refractivity contribution in [1.82, 2.24) is 14.5 Å². The predicted molar refractivity (Wildman–Crippen MR) is 90.7 cm³/mol. The molecule has 3 aromatic rings. The van der Waals surface area contributed by atoms with Crippen LogP contribution >= 0.6 is 0 Å². The van der Waals surface area contributed by atoms with Gasteiger partial charge in [0.2, 0.25) is 10.0 Å². The van der Waals surface area contributed by atoms with Crippen molar-refractivity contribution in [1.29, 1.82) is 0 Å². The largest absolute Gasteiger partial charge is 0.269 e. The molecule has 0 spiro atoms. The van der Waals surface area contributed by atoms with Crippen LogP contribution in [0.1, 0.15) is 5.56 Å². The van der Waals surface area contributed by atoms with Crippen molar-refractivity contribution in [3.8, 4) is 5.69 Å². The number of hydrogen-bond acceptors (Lipinski definition) is 5. The van der Waals surface area contributed by atoms with Crippen molar-refractivity contribution >= 4 is 15.7 Å². The smallest absolute Gasteiger partial charge is 0.258 e. The van der Waals surface area contributed by atoms with Crippen LogP contribution in [0.25, 0.3) is 5.69 Å². The molecule has 0 radical (unpaired) electrons. The normalized spacial score (nSPS) is 11.4. The summed E-state index contributed by atoms with van der Waals surface area (Å²) in [4.78, 5) is 10.0. The summed E-state index contributed by atoms with van der Waals surface area (Å²) in [7, 11) is -3.74. The van der Waals surface area contributed by atoms with E-state index in [4.69, 9.17) is 0 Å². The molecule has 2 aromatic carbocycles. The molecule has 8 nitrogen and oxygen atoms in total. The van der Waals surface area contributed by atoms with Crippen LogP contribution in [0, 0.1) is 10.1 Å². The van der Waals surface area contributed by atoms with Crippen molar-refractivity contribution in [2.24, 2.45) is 0 Å². The number of nitro benzene ring substituents is 1. The van der Waals surface area contributed by atoms with E-state index >= 15 is 0 Å². The molecular weight excluding hydrogens is 344 g/mol. The topological polar surface area (TPSA) is 107 Å². The monoisotopic (exact) mass is 358 g/mol. The first-order valence-electron chi connectivity index (χ1n) is 7.29. The Morgan fingerprint density at radius 2 is 1.76 bits per heavy atom. The van der Waals surface area contributed by atoms with E-state index in [0.717, 1.165) is 23.4 Å². The molecule has 9 heteroatoms. The number of rotatable bonds is 6. The van der Waals surface area contributed by atoms with Crippen LogP contribution in [-0.2, 0) is 16.6 Å². The van der Waals surface area contributed by atoms with Crippen LogP contribution < -0.4 is 4.72 Å². The number of non-ortho nitro benzene ring substituents is 1. The highest BCUT2D eigenvalue weighted by Gasteiger charge is 2.15. The Hall–Kier alpha value is -3.04. The second-order valence-corrected chi connectivity index (χ2v) is 6.96. The summed E-state index contributed by atoms with van der Waals surface area (Å²) in [6, 6.07) is 13.8. The Balaban J connectivity index is 1.68. The molecule has 1 heterocycles. The summed E-state index contributed by atoms with van der Waals surface area (Å²) in [5.74, 6) is 0. The number of nitro groups is 1. The predicted octanol–water partition coefficient (Wildman–Crippen LogP) is 2.26. The quantitative estimate of drug-likeness (QED) is 0.537. The van der Waals surface area contributed by atoms with Crippen molar-refractivity contribution in [3.63, 3.8) is 0 Å².